The number of halogens is 2. The number of piperidine rings is 4. The highest BCUT2D eigenvalue weighted by Crippen LogP contribution is 2.39. The second-order valence-corrected chi connectivity index (χ2v) is 33.3. The molecule has 4 aliphatic heterocycles. The van der Waals surface area contributed by atoms with Crippen molar-refractivity contribution in [2.45, 2.75) is 128 Å². The number of aromatic nitrogens is 1. The summed E-state index contributed by atoms with van der Waals surface area (Å²) >= 11 is 0. The molecule has 4 fully saturated rings. The largest absolute Gasteiger partial charge is 0.371 e. The lowest BCUT2D eigenvalue weighted by Gasteiger charge is -2.34. The summed E-state index contributed by atoms with van der Waals surface area (Å²) in [6, 6.07) is 66.1. The highest BCUT2D eigenvalue weighted by atomic mass is 19.1. The van der Waals surface area contributed by atoms with Gasteiger partial charge in [0, 0.05) is 176 Å². The minimum Gasteiger partial charge on any atom is -0.371 e. The molecule has 0 atom stereocenters. The zero-order valence-corrected chi connectivity index (χ0v) is 70.2. The van der Waals surface area contributed by atoms with Gasteiger partial charge in [-0.15, -0.1) is 0 Å². The van der Waals surface area contributed by atoms with Gasteiger partial charge in [0.15, 0.2) is 0 Å². The number of H-pyrrole nitrogens is 1. The monoisotopic (exact) mass is 1580 g/mol. The summed E-state index contributed by atoms with van der Waals surface area (Å²) in [6.07, 6.45) is 22.1. The first kappa shape index (κ1) is 84.7. The molecule has 2 amide bonds. The van der Waals surface area contributed by atoms with E-state index in [-0.39, 0.29) is 17.5 Å². The lowest BCUT2D eigenvalue weighted by Crippen LogP contribution is -2.44. The van der Waals surface area contributed by atoms with Gasteiger partial charge in [0.1, 0.15) is 11.6 Å². The van der Waals surface area contributed by atoms with Crippen LogP contribution in [0.4, 0.5) is 31.5 Å². The molecular formula is C100H123F2N13O2. The maximum atomic E-state index is 13.6. The maximum absolute atomic E-state index is 13.6. The third kappa shape index (κ3) is 23.6. The van der Waals surface area contributed by atoms with Crippen molar-refractivity contribution in [2.75, 3.05) is 153 Å². The molecule has 0 spiro atoms. The topological polar surface area (TPSA) is 145 Å². The van der Waals surface area contributed by atoms with Crippen LogP contribution in [-0.2, 0) is 28.9 Å². The SMILES string of the molecule is CCN(CC)C(=O)CCCC1CCN(c2cccc(C3=Cc4cc(F)ccc4C3)c2)CC1.CN(C)CCNC1CCN(c2cccc(-c3cc4cc(C#N)ccc4[nH]3)c2)CC1.CN(C)CCNC1CCN(c2cccc(C3=Cc4ccccc4C3)c2)CC1.CNC(=O)CCNC1CCN(c2cccc(C3=Cc4cc(F)ccc4C3)c2)CC1. The fourth-order valence-electron chi connectivity index (χ4n) is 17.7. The van der Waals surface area contributed by atoms with Crippen LogP contribution in [0.1, 0.15) is 147 Å². The summed E-state index contributed by atoms with van der Waals surface area (Å²) in [4.78, 5) is 43.4. The lowest BCUT2D eigenvalue weighted by molar-refractivity contribution is -0.131. The molecule has 5 N–H and O–H groups in total. The molecule has 9 aromatic rings. The molecule has 3 aliphatic carbocycles. The van der Waals surface area contributed by atoms with Crippen molar-refractivity contribution in [1.29, 1.82) is 5.26 Å². The number of likely N-dealkylation sites (N-methyl/N-ethyl adjacent to an activating group) is 2. The number of amides is 2. The number of nitrogens with one attached hydrogen (secondary N) is 5. The molecule has 0 bridgehead atoms. The van der Waals surface area contributed by atoms with Crippen LogP contribution in [0.2, 0.25) is 0 Å². The van der Waals surface area contributed by atoms with Crippen molar-refractivity contribution in [3.8, 4) is 17.3 Å². The fraction of sp³-hybridized carbons (Fsp3) is 0.410. The summed E-state index contributed by atoms with van der Waals surface area (Å²) < 4.78 is 27.1. The van der Waals surface area contributed by atoms with E-state index in [1.165, 1.54) is 123 Å². The van der Waals surface area contributed by atoms with E-state index in [9.17, 15) is 18.4 Å². The molecule has 614 valence electrons. The lowest BCUT2D eigenvalue weighted by atomic mass is 9.91. The highest BCUT2D eigenvalue weighted by molar-refractivity contribution is 5.92. The molecule has 1 aromatic heterocycles. The Hall–Kier alpha value is -10.2. The van der Waals surface area contributed by atoms with Crippen LogP contribution in [0, 0.1) is 28.9 Å². The minimum atomic E-state index is -0.179. The number of aromatic amines is 1. The number of nitriles is 1. The summed E-state index contributed by atoms with van der Waals surface area (Å²) in [6.45, 7) is 19.4. The van der Waals surface area contributed by atoms with Gasteiger partial charge in [0.25, 0.3) is 0 Å². The predicted octanol–water partition coefficient (Wildman–Crippen LogP) is 17.5. The van der Waals surface area contributed by atoms with E-state index in [4.69, 9.17) is 5.26 Å². The average Bonchev–Trinajstić information content (AvgIpc) is 1.70. The number of hydrogen-bond donors (Lipinski definition) is 5. The second kappa shape index (κ2) is 41.8. The first-order chi connectivity index (χ1) is 57.0. The van der Waals surface area contributed by atoms with E-state index < -0.39 is 0 Å². The van der Waals surface area contributed by atoms with Crippen molar-refractivity contribution in [1.82, 2.24) is 41.0 Å². The summed E-state index contributed by atoms with van der Waals surface area (Å²) in [5, 5.41) is 23.8. The molecule has 7 aliphatic rings. The summed E-state index contributed by atoms with van der Waals surface area (Å²) in [5.74, 6) is 0.756. The first-order valence-corrected chi connectivity index (χ1v) is 43.2. The minimum absolute atomic E-state index is 0.0813. The second-order valence-electron chi connectivity index (χ2n) is 33.3. The van der Waals surface area contributed by atoms with Gasteiger partial charge in [-0.1, -0.05) is 103 Å². The summed E-state index contributed by atoms with van der Waals surface area (Å²) in [5.41, 5.74) is 24.2. The number of nitrogens with zero attached hydrogens (tertiary/aromatic N) is 8. The molecule has 17 heteroatoms. The van der Waals surface area contributed by atoms with Crippen molar-refractivity contribution < 1.29 is 18.4 Å². The number of rotatable bonds is 26. The number of anilines is 4. The van der Waals surface area contributed by atoms with Gasteiger partial charge in [-0.2, -0.15) is 5.26 Å². The average molecular weight is 1580 g/mol. The van der Waals surface area contributed by atoms with Gasteiger partial charge in [0.05, 0.1) is 11.6 Å². The Kier molecular flexibility index (Phi) is 30.2. The number of benzene rings is 8. The van der Waals surface area contributed by atoms with Gasteiger partial charge in [-0.05, 0) is 301 Å². The Labute approximate surface area is 694 Å². The Balaban J connectivity index is 0.000000136. The predicted molar refractivity (Wildman–Crippen MR) is 484 cm³/mol. The van der Waals surface area contributed by atoms with Crippen LogP contribution < -0.4 is 40.9 Å². The smallest absolute Gasteiger partial charge is 0.222 e. The van der Waals surface area contributed by atoms with Crippen LogP contribution in [-0.4, -0.2) is 183 Å². The van der Waals surface area contributed by atoms with Crippen molar-refractivity contribution >= 4 is 80.4 Å². The van der Waals surface area contributed by atoms with Gasteiger partial charge in [-0.25, -0.2) is 8.78 Å². The molecule has 15 nitrogen and oxygen atoms in total. The van der Waals surface area contributed by atoms with Crippen molar-refractivity contribution in [3.63, 3.8) is 0 Å². The van der Waals surface area contributed by atoms with E-state index in [1.807, 2.05) is 49.1 Å². The van der Waals surface area contributed by atoms with Crippen LogP contribution in [0.15, 0.2) is 182 Å². The third-order valence-corrected chi connectivity index (χ3v) is 24.7. The Morgan fingerprint density at radius 2 is 0.897 bits per heavy atom. The van der Waals surface area contributed by atoms with Gasteiger partial charge >= 0.3 is 0 Å². The number of fused-ring (bicyclic) bond motifs is 4. The van der Waals surface area contributed by atoms with Crippen molar-refractivity contribution in [3.05, 3.63) is 249 Å². The van der Waals surface area contributed by atoms with Gasteiger partial charge in [0.2, 0.25) is 11.8 Å². The molecule has 8 aromatic carbocycles. The Bertz CT molecular complexity index is 4920. The standard InChI is InChI=1S/C28H35FN2O.C24H28FN3O.C24H29N5.C24H31N3/c1-3-30(4-2)28(32)10-5-7-21-13-15-31(16-14-21)27-9-6-8-22(20-27)24-17-23-11-12-26(29)19-25(23)18-24;1-26-24(29)7-10-27-22-8-11-28(12-9-22)23-4-2-3-17(16-23)19-13-18-5-6-21(25)15-20(18)14-19;1-28(2)13-10-26-21-8-11-29(12-9-21)22-5-3-4-19(15-22)24-16-20-14-18(17-25)6-7-23(20)27-24;1-26(2)15-12-25-23-10-13-27(14-11-23)24-9-5-8-21(18-24)22-16-19-6-3-4-7-20(19)17-22/h6,8-9,11-12,18-21H,3-5,7,10,13-17H2,1-2H3;2-6,14-16,22,27H,7-13H2,1H3,(H,26,29);3-7,14-16,21,26-27H,8-13H2,1-2H3;3-9,16,18,23,25H,10-15,17H2,1-2H3. The summed E-state index contributed by atoms with van der Waals surface area (Å²) in [7, 11) is 10.2. The molecule has 4 saturated heterocycles. The zero-order valence-electron chi connectivity index (χ0n) is 70.2. The molecule has 5 heterocycles. The number of carbonyl (C=O) groups excluding carboxylic acids is 2. The zero-order chi connectivity index (χ0) is 81.6. The van der Waals surface area contributed by atoms with E-state index >= 15 is 0 Å². The fourth-order valence-corrected chi connectivity index (χ4v) is 17.7. The first-order valence-electron chi connectivity index (χ1n) is 43.2. The molecule has 0 saturated carbocycles. The molecule has 16 rings (SSSR count). The molecule has 0 unspecified atom stereocenters. The van der Waals surface area contributed by atoms with E-state index in [1.54, 1.807) is 31.3 Å². The van der Waals surface area contributed by atoms with E-state index in [0.29, 0.717) is 42.4 Å². The van der Waals surface area contributed by atoms with E-state index in [2.05, 4.69) is 236 Å². The third-order valence-electron chi connectivity index (χ3n) is 24.7. The quantitative estimate of drug-likeness (QED) is 0.0352. The van der Waals surface area contributed by atoms with Gasteiger partial charge < -0.3 is 60.6 Å². The normalized spacial score (nSPS) is 16.2. The number of hydrogen-bond acceptors (Lipinski definition) is 12. The molecule has 117 heavy (non-hydrogen) atoms. The van der Waals surface area contributed by atoms with Crippen LogP contribution >= 0.6 is 0 Å². The number of allylic oxidation sites excluding steroid dienone is 3. The van der Waals surface area contributed by atoms with Crippen LogP contribution in [0.25, 0.3) is 57.1 Å². The van der Waals surface area contributed by atoms with Crippen molar-refractivity contribution in [2.24, 2.45) is 5.92 Å². The highest BCUT2D eigenvalue weighted by Gasteiger charge is 2.27. The molecular weight excluding hydrogens is 1450 g/mol. The van der Waals surface area contributed by atoms with E-state index in [0.717, 1.165) is 177 Å². The molecule has 0 radical (unpaired) electrons. The Morgan fingerprint density at radius 3 is 1.34 bits per heavy atom. The Morgan fingerprint density at radius 1 is 0.470 bits per heavy atom. The maximum Gasteiger partial charge on any atom is 0.222 e. The number of carbonyl (C=O) groups is 2. The van der Waals surface area contributed by atoms with Crippen LogP contribution in [0.5, 0.6) is 0 Å². The van der Waals surface area contributed by atoms with Crippen LogP contribution in [0.3, 0.4) is 0 Å². The van der Waals surface area contributed by atoms with Gasteiger partial charge in [-0.3, -0.25) is 9.59 Å².